The number of urea groups is 1. The molecule has 0 saturated carbocycles. The van der Waals surface area contributed by atoms with Crippen molar-refractivity contribution in [3.8, 4) is 11.5 Å². The van der Waals surface area contributed by atoms with Gasteiger partial charge in [0.05, 0.1) is 19.9 Å². The van der Waals surface area contributed by atoms with E-state index < -0.39 is 12.1 Å². The van der Waals surface area contributed by atoms with E-state index >= 15 is 0 Å². The highest BCUT2D eigenvalue weighted by molar-refractivity contribution is 7.71. The fourth-order valence-electron chi connectivity index (χ4n) is 2.67. The molecule has 9 heteroatoms. The lowest BCUT2D eigenvalue weighted by Crippen LogP contribution is -2.34. The first kappa shape index (κ1) is 19.4. The van der Waals surface area contributed by atoms with E-state index in [9.17, 15) is 4.79 Å². The average Bonchev–Trinajstić information content (AvgIpc) is 3.14. The summed E-state index contributed by atoms with van der Waals surface area (Å²) in [5.74, 6) is 1.39. The molecule has 3 N–H and O–H groups in total. The molecular formula is C19H20N4O4S. The molecule has 146 valence electrons. The Morgan fingerprint density at radius 3 is 2.64 bits per heavy atom. The molecule has 3 aromatic rings. The summed E-state index contributed by atoms with van der Waals surface area (Å²) in [6, 6.07) is 13.8. The van der Waals surface area contributed by atoms with Crippen molar-refractivity contribution < 1.29 is 18.7 Å². The Hall–Kier alpha value is -3.33. The van der Waals surface area contributed by atoms with E-state index in [0.717, 1.165) is 5.56 Å². The summed E-state index contributed by atoms with van der Waals surface area (Å²) < 4.78 is 15.9. The zero-order valence-electron chi connectivity index (χ0n) is 15.4. The molecular weight excluding hydrogens is 380 g/mol. The molecule has 0 fully saturated rings. The smallest absolute Gasteiger partial charge is 0.320 e. The number of aromatic nitrogens is 2. The van der Waals surface area contributed by atoms with Crippen LogP contribution in [0.4, 0.5) is 10.5 Å². The van der Waals surface area contributed by atoms with Gasteiger partial charge in [0.1, 0.15) is 17.5 Å². The first-order chi connectivity index (χ1) is 13.6. The molecule has 0 aliphatic carbocycles. The maximum atomic E-state index is 12.6. The fourth-order valence-corrected chi connectivity index (χ4v) is 2.80. The Bertz CT molecular complexity index is 987. The van der Waals surface area contributed by atoms with Gasteiger partial charge in [0.25, 0.3) is 4.84 Å². The van der Waals surface area contributed by atoms with E-state index in [4.69, 9.17) is 26.1 Å². The number of carbonyl (C=O) groups is 1. The van der Waals surface area contributed by atoms with Gasteiger partial charge in [-0.3, -0.25) is 0 Å². The van der Waals surface area contributed by atoms with Crippen LogP contribution in [-0.2, 0) is 6.42 Å². The Balaban J connectivity index is 1.78. The topological polar surface area (TPSA) is 101 Å². The van der Waals surface area contributed by atoms with E-state index in [1.54, 1.807) is 25.3 Å². The molecule has 2 aromatic carbocycles. The van der Waals surface area contributed by atoms with Crippen molar-refractivity contribution in [2.45, 2.75) is 12.5 Å². The number of nitrogens with zero attached hydrogens (tertiary/aromatic N) is 1. The molecule has 8 nitrogen and oxygen atoms in total. The van der Waals surface area contributed by atoms with Gasteiger partial charge >= 0.3 is 6.03 Å². The molecule has 1 aromatic heterocycles. The Kier molecular flexibility index (Phi) is 6.28. The third-order valence-corrected chi connectivity index (χ3v) is 4.17. The van der Waals surface area contributed by atoms with E-state index in [-0.39, 0.29) is 4.84 Å². The van der Waals surface area contributed by atoms with Crippen molar-refractivity contribution in [3.05, 3.63) is 64.8 Å². The van der Waals surface area contributed by atoms with E-state index in [2.05, 4.69) is 20.8 Å². The average molecular weight is 400 g/mol. The first-order valence-corrected chi connectivity index (χ1v) is 8.88. The van der Waals surface area contributed by atoms with Crippen LogP contribution < -0.4 is 20.1 Å². The molecule has 2 amide bonds. The number of hydrogen-bond donors (Lipinski definition) is 3. The first-order valence-electron chi connectivity index (χ1n) is 8.48. The highest BCUT2D eigenvalue weighted by Crippen LogP contribution is 2.29. The Morgan fingerprint density at radius 1 is 1.21 bits per heavy atom. The molecule has 0 unspecified atom stereocenters. The lowest BCUT2D eigenvalue weighted by atomic mass is 10.1. The van der Waals surface area contributed by atoms with Gasteiger partial charge in [0.2, 0.25) is 5.89 Å². The van der Waals surface area contributed by atoms with Gasteiger partial charge in [0, 0.05) is 12.5 Å². The molecule has 0 radical (unpaired) electrons. The van der Waals surface area contributed by atoms with Gasteiger partial charge in [-0.2, -0.15) is 0 Å². The Labute approximate surface area is 166 Å². The van der Waals surface area contributed by atoms with Crippen LogP contribution in [0.2, 0.25) is 0 Å². The molecule has 0 aliphatic rings. The van der Waals surface area contributed by atoms with Gasteiger partial charge in [0.15, 0.2) is 0 Å². The van der Waals surface area contributed by atoms with Crippen LogP contribution in [0.5, 0.6) is 11.5 Å². The molecule has 0 bridgehead atoms. The van der Waals surface area contributed by atoms with Crippen molar-refractivity contribution in [1.29, 1.82) is 0 Å². The molecule has 0 spiro atoms. The monoisotopic (exact) mass is 400 g/mol. The van der Waals surface area contributed by atoms with Crippen LogP contribution >= 0.6 is 12.2 Å². The summed E-state index contributed by atoms with van der Waals surface area (Å²) in [5.41, 5.74) is 1.48. The summed E-state index contributed by atoms with van der Waals surface area (Å²) in [4.78, 5) is 12.8. The van der Waals surface area contributed by atoms with E-state index in [1.807, 2.05) is 30.3 Å². The summed E-state index contributed by atoms with van der Waals surface area (Å²) in [7, 11) is 3.07. The van der Waals surface area contributed by atoms with Crippen LogP contribution in [0.3, 0.4) is 0 Å². The van der Waals surface area contributed by atoms with Gasteiger partial charge in [-0.05, 0) is 29.9 Å². The number of ether oxygens (including phenoxy) is 2. The van der Waals surface area contributed by atoms with Gasteiger partial charge < -0.3 is 24.5 Å². The minimum Gasteiger partial charge on any atom is -0.497 e. The van der Waals surface area contributed by atoms with Crippen molar-refractivity contribution >= 4 is 23.9 Å². The van der Waals surface area contributed by atoms with Gasteiger partial charge in [-0.1, -0.05) is 30.3 Å². The van der Waals surface area contributed by atoms with Crippen molar-refractivity contribution in [2.75, 3.05) is 19.5 Å². The second-order valence-electron chi connectivity index (χ2n) is 5.86. The minimum absolute atomic E-state index is 0.143. The SMILES string of the molecule is COc1ccc(OC)c(NC(=O)N[C@H](Cc2ccccc2)c2n[nH]c(=S)o2)c1. The quantitative estimate of drug-likeness (QED) is 0.521. The predicted molar refractivity (Wildman–Crippen MR) is 106 cm³/mol. The predicted octanol–water partition coefficient (Wildman–Crippen LogP) is 3.85. The maximum absolute atomic E-state index is 12.6. The summed E-state index contributed by atoms with van der Waals surface area (Å²) >= 11 is 4.95. The highest BCUT2D eigenvalue weighted by Gasteiger charge is 2.21. The number of methoxy groups -OCH3 is 2. The van der Waals surface area contributed by atoms with Crippen molar-refractivity contribution in [2.24, 2.45) is 0 Å². The number of H-pyrrole nitrogens is 1. The van der Waals surface area contributed by atoms with E-state index in [0.29, 0.717) is 29.5 Å². The number of rotatable bonds is 7. The number of nitrogens with one attached hydrogen (secondary N) is 3. The molecule has 0 saturated heterocycles. The minimum atomic E-state index is -0.521. The van der Waals surface area contributed by atoms with Crippen LogP contribution in [0.25, 0.3) is 0 Å². The fraction of sp³-hybridized carbons (Fsp3) is 0.211. The van der Waals surface area contributed by atoms with Crippen LogP contribution in [-0.4, -0.2) is 30.4 Å². The molecule has 28 heavy (non-hydrogen) atoms. The normalized spacial score (nSPS) is 11.5. The number of anilines is 1. The highest BCUT2D eigenvalue weighted by atomic mass is 32.1. The molecule has 0 aliphatic heterocycles. The number of carbonyl (C=O) groups excluding carboxylic acids is 1. The number of amides is 2. The van der Waals surface area contributed by atoms with Gasteiger partial charge in [-0.15, -0.1) is 5.10 Å². The zero-order chi connectivity index (χ0) is 19.9. The lowest BCUT2D eigenvalue weighted by Gasteiger charge is -2.17. The number of hydrogen-bond acceptors (Lipinski definition) is 6. The second-order valence-corrected chi connectivity index (χ2v) is 6.23. The molecule has 1 atom stereocenters. The van der Waals surface area contributed by atoms with Crippen molar-refractivity contribution in [1.82, 2.24) is 15.5 Å². The summed E-state index contributed by atoms with van der Waals surface area (Å²) in [6.45, 7) is 0. The second kappa shape index (κ2) is 9.05. The number of aromatic amines is 1. The zero-order valence-corrected chi connectivity index (χ0v) is 16.2. The van der Waals surface area contributed by atoms with E-state index in [1.165, 1.54) is 7.11 Å². The van der Waals surface area contributed by atoms with Crippen LogP contribution in [0, 0.1) is 4.84 Å². The summed E-state index contributed by atoms with van der Waals surface area (Å²) in [5, 5.41) is 12.3. The van der Waals surface area contributed by atoms with Crippen LogP contribution in [0.1, 0.15) is 17.5 Å². The number of benzene rings is 2. The third kappa shape index (κ3) is 4.89. The molecule has 1 heterocycles. The molecule has 3 rings (SSSR count). The summed E-state index contributed by atoms with van der Waals surface area (Å²) in [6.07, 6.45) is 0.479. The van der Waals surface area contributed by atoms with Crippen molar-refractivity contribution in [3.63, 3.8) is 0 Å². The standard InChI is InChI=1S/C19H20N4O4S/c1-25-13-8-9-16(26-2)14(11-13)20-18(24)21-15(17-22-23-19(28)27-17)10-12-6-4-3-5-7-12/h3-9,11,15H,10H2,1-2H3,(H,23,28)(H2,20,21,24)/t15-/m1/s1. The largest absolute Gasteiger partial charge is 0.497 e. The Morgan fingerprint density at radius 2 is 2.00 bits per heavy atom. The van der Waals surface area contributed by atoms with Gasteiger partial charge in [-0.25, -0.2) is 9.89 Å². The van der Waals surface area contributed by atoms with Crippen LogP contribution in [0.15, 0.2) is 52.9 Å². The maximum Gasteiger partial charge on any atom is 0.320 e. The third-order valence-electron chi connectivity index (χ3n) is 4.00. The lowest BCUT2D eigenvalue weighted by molar-refractivity contribution is 0.245.